The van der Waals surface area contributed by atoms with Crippen LogP contribution in [0.2, 0.25) is 0 Å². The van der Waals surface area contributed by atoms with E-state index in [1.165, 1.54) is 38.2 Å². The van der Waals surface area contributed by atoms with Crippen LogP contribution in [0.5, 0.6) is 11.5 Å². The smallest absolute Gasteiger partial charge is 0.135 e. The minimum absolute atomic E-state index is 0.581. The molecule has 36 heavy (non-hydrogen) atoms. The fraction of sp³-hybridized carbons (Fsp3) is 0. The van der Waals surface area contributed by atoms with Crippen molar-refractivity contribution in [2.24, 2.45) is 5.73 Å². The normalized spacial score (nSPS) is 11.8. The molecule has 7 rings (SSSR count). The lowest BCUT2D eigenvalue weighted by Gasteiger charge is -2.22. The third kappa shape index (κ3) is 3.19. The Morgan fingerprint density at radius 2 is 1.28 bits per heavy atom. The summed E-state index contributed by atoms with van der Waals surface area (Å²) in [6, 6.07) is 40.6. The van der Waals surface area contributed by atoms with E-state index in [0.717, 1.165) is 33.8 Å². The summed E-state index contributed by atoms with van der Waals surface area (Å²) in [4.78, 5) is 0. The number of hydrogen-bond donors (Lipinski definition) is 1. The molecule has 2 N–H and O–H groups in total. The molecule has 6 aromatic carbocycles. The van der Waals surface area contributed by atoms with E-state index in [1.807, 2.05) is 24.3 Å². The molecule has 2 nitrogen and oxygen atoms in total. The van der Waals surface area contributed by atoms with Crippen LogP contribution in [0.25, 0.3) is 60.6 Å². The standard InChI is InChI=1S/C34H23NO/c1-21(35)22-6-4-7-23(18-22)24-12-13-26-20-27(15-14-25(26)19-24)28-16-17-33-34-30(28)9-5-10-31(34)29-8-2-3-11-32(29)36-33/h2-20H,1,35H2. The average molecular weight is 462 g/mol. The Kier molecular flexibility index (Phi) is 4.49. The Balaban J connectivity index is 1.34. The summed E-state index contributed by atoms with van der Waals surface area (Å²) in [5.41, 5.74) is 14.5. The number of fused-ring (bicyclic) bond motifs is 3. The van der Waals surface area contributed by atoms with Gasteiger partial charge in [0.25, 0.3) is 0 Å². The van der Waals surface area contributed by atoms with E-state index < -0.39 is 0 Å². The molecule has 170 valence electrons. The first-order valence-corrected chi connectivity index (χ1v) is 12.1. The van der Waals surface area contributed by atoms with E-state index >= 15 is 0 Å². The second kappa shape index (κ2) is 7.86. The first-order valence-electron chi connectivity index (χ1n) is 12.1. The van der Waals surface area contributed by atoms with Crippen LogP contribution < -0.4 is 10.5 Å². The van der Waals surface area contributed by atoms with Crippen molar-refractivity contribution in [3.05, 3.63) is 127 Å². The number of nitrogens with two attached hydrogens (primary N) is 1. The minimum atomic E-state index is 0.581. The highest BCUT2D eigenvalue weighted by Gasteiger charge is 2.21. The highest BCUT2D eigenvalue weighted by Crippen LogP contribution is 2.48. The predicted octanol–water partition coefficient (Wildman–Crippen LogP) is 9.03. The average Bonchev–Trinajstić information content (AvgIpc) is 2.93. The third-order valence-electron chi connectivity index (χ3n) is 7.12. The summed E-state index contributed by atoms with van der Waals surface area (Å²) in [6.45, 7) is 3.87. The van der Waals surface area contributed by atoms with Gasteiger partial charge < -0.3 is 10.5 Å². The van der Waals surface area contributed by atoms with Crippen molar-refractivity contribution in [3.8, 4) is 44.9 Å². The molecule has 0 amide bonds. The molecule has 0 atom stereocenters. The fourth-order valence-corrected chi connectivity index (χ4v) is 5.32. The number of ether oxygens (including phenoxy) is 1. The van der Waals surface area contributed by atoms with Crippen molar-refractivity contribution in [1.82, 2.24) is 0 Å². The van der Waals surface area contributed by atoms with Crippen LogP contribution in [-0.4, -0.2) is 0 Å². The van der Waals surface area contributed by atoms with E-state index in [4.69, 9.17) is 10.5 Å². The quantitative estimate of drug-likeness (QED) is 0.285. The zero-order valence-corrected chi connectivity index (χ0v) is 19.7. The van der Waals surface area contributed by atoms with Gasteiger partial charge in [0.2, 0.25) is 0 Å². The van der Waals surface area contributed by atoms with Crippen molar-refractivity contribution >= 4 is 27.2 Å². The van der Waals surface area contributed by atoms with Gasteiger partial charge in [0.1, 0.15) is 11.5 Å². The summed E-state index contributed by atoms with van der Waals surface area (Å²) in [6.07, 6.45) is 0. The molecule has 0 bridgehead atoms. The van der Waals surface area contributed by atoms with Crippen LogP contribution in [0.1, 0.15) is 5.56 Å². The molecule has 0 spiro atoms. The van der Waals surface area contributed by atoms with Gasteiger partial charge in [-0.15, -0.1) is 0 Å². The van der Waals surface area contributed by atoms with Gasteiger partial charge in [-0.3, -0.25) is 0 Å². The molecule has 0 aliphatic carbocycles. The molecule has 0 unspecified atom stereocenters. The first-order chi connectivity index (χ1) is 17.7. The number of para-hydroxylation sites is 1. The van der Waals surface area contributed by atoms with Crippen LogP contribution in [0.15, 0.2) is 122 Å². The monoisotopic (exact) mass is 461 g/mol. The Bertz CT molecular complexity index is 1850. The van der Waals surface area contributed by atoms with Crippen molar-refractivity contribution < 1.29 is 4.74 Å². The van der Waals surface area contributed by atoms with Crippen LogP contribution in [0, 0.1) is 0 Å². The predicted molar refractivity (Wildman–Crippen MR) is 151 cm³/mol. The summed E-state index contributed by atoms with van der Waals surface area (Å²) in [7, 11) is 0. The van der Waals surface area contributed by atoms with E-state index in [1.54, 1.807) is 0 Å². The van der Waals surface area contributed by atoms with Gasteiger partial charge in [-0.2, -0.15) is 0 Å². The molecule has 1 aliphatic rings. The summed E-state index contributed by atoms with van der Waals surface area (Å²) >= 11 is 0. The van der Waals surface area contributed by atoms with E-state index in [9.17, 15) is 0 Å². The lowest BCUT2D eigenvalue weighted by Crippen LogP contribution is -1.97. The second-order valence-corrected chi connectivity index (χ2v) is 9.32. The maximum absolute atomic E-state index is 6.28. The van der Waals surface area contributed by atoms with Gasteiger partial charge in [-0.25, -0.2) is 0 Å². The molecule has 0 aromatic heterocycles. The number of rotatable bonds is 3. The van der Waals surface area contributed by atoms with Gasteiger partial charge in [0, 0.05) is 16.6 Å². The fourth-order valence-electron chi connectivity index (χ4n) is 5.32. The van der Waals surface area contributed by atoms with E-state index in [0.29, 0.717) is 5.70 Å². The van der Waals surface area contributed by atoms with Crippen molar-refractivity contribution in [2.75, 3.05) is 0 Å². The molecule has 0 fully saturated rings. The summed E-state index contributed by atoms with van der Waals surface area (Å²) < 4.78 is 6.28. The Hall–Kier alpha value is -4.82. The van der Waals surface area contributed by atoms with Crippen molar-refractivity contribution in [2.45, 2.75) is 0 Å². The molecule has 1 aliphatic heterocycles. The molecule has 0 radical (unpaired) electrons. The highest BCUT2D eigenvalue weighted by atomic mass is 16.5. The molecule has 0 saturated heterocycles. The Morgan fingerprint density at radius 1 is 0.556 bits per heavy atom. The largest absolute Gasteiger partial charge is 0.456 e. The molecule has 0 saturated carbocycles. The van der Waals surface area contributed by atoms with Crippen LogP contribution in [0.4, 0.5) is 0 Å². The van der Waals surface area contributed by atoms with Gasteiger partial charge in [-0.1, -0.05) is 91.5 Å². The topological polar surface area (TPSA) is 35.2 Å². The lowest BCUT2D eigenvalue weighted by molar-refractivity contribution is 0.487. The zero-order valence-electron chi connectivity index (χ0n) is 19.7. The summed E-state index contributed by atoms with van der Waals surface area (Å²) in [5.74, 6) is 1.82. The van der Waals surface area contributed by atoms with Crippen LogP contribution >= 0.6 is 0 Å². The van der Waals surface area contributed by atoms with Crippen molar-refractivity contribution in [1.29, 1.82) is 0 Å². The van der Waals surface area contributed by atoms with Gasteiger partial charge >= 0.3 is 0 Å². The van der Waals surface area contributed by atoms with Gasteiger partial charge in [0.05, 0.1) is 0 Å². The van der Waals surface area contributed by atoms with E-state index in [-0.39, 0.29) is 0 Å². The van der Waals surface area contributed by atoms with E-state index in [2.05, 4.69) is 97.6 Å². The van der Waals surface area contributed by atoms with Crippen LogP contribution in [0.3, 0.4) is 0 Å². The minimum Gasteiger partial charge on any atom is -0.456 e. The summed E-state index contributed by atoms with van der Waals surface area (Å²) in [5, 5.41) is 4.78. The second-order valence-electron chi connectivity index (χ2n) is 9.32. The highest BCUT2D eigenvalue weighted by molar-refractivity contribution is 6.10. The van der Waals surface area contributed by atoms with Gasteiger partial charge in [-0.05, 0) is 79.9 Å². The van der Waals surface area contributed by atoms with Gasteiger partial charge in [0.15, 0.2) is 0 Å². The maximum atomic E-state index is 6.28. The molecular formula is C34H23NO. The van der Waals surface area contributed by atoms with Crippen molar-refractivity contribution in [3.63, 3.8) is 0 Å². The Labute approximate surface area is 209 Å². The third-order valence-corrected chi connectivity index (χ3v) is 7.12. The zero-order chi connectivity index (χ0) is 24.2. The molecular weight excluding hydrogens is 438 g/mol. The SMILES string of the molecule is C=C(N)c1cccc(-c2ccc3cc(-c4ccc5c6c(cccc46)-c4ccccc4O5)ccc3c2)c1. The number of hydrogen-bond acceptors (Lipinski definition) is 2. The molecule has 2 heteroatoms. The molecule has 1 heterocycles. The molecule has 6 aromatic rings. The number of benzene rings is 6. The maximum Gasteiger partial charge on any atom is 0.135 e. The van der Waals surface area contributed by atoms with Crippen LogP contribution in [-0.2, 0) is 0 Å². The Morgan fingerprint density at radius 3 is 2.14 bits per heavy atom. The first kappa shape index (κ1) is 20.5. The lowest BCUT2D eigenvalue weighted by atomic mass is 9.90.